The van der Waals surface area contributed by atoms with Crippen LogP contribution in [-0.4, -0.2) is 37.6 Å². The van der Waals surface area contributed by atoms with E-state index in [1.807, 2.05) is 0 Å². The molecule has 2 fully saturated rings. The molecule has 0 bridgehead atoms. The molecule has 1 N–H and O–H groups in total. The molecular formula is C13H26N2. The molecule has 0 radical (unpaired) electrons. The van der Waals surface area contributed by atoms with Gasteiger partial charge in [-0.2, -0.15) is 0 Å². The zero-order chi connectivity index (χ0) is 10.7. The standard InChI is InChI=1S/C13H26N2/c1-3-5-14-8-12-4-6-15(9-12)10-13-7-11(13)2/h11-14H,3-10H2,1-2H3. The monoisotopic (exact) mass is 210 g/mol. The molecule has 3 atom stereocenters. The fourth-order valence-electron chi connectivity index (χ4n) is 2.71. The first-order valence-electron chi connectivity index (χ1n) is 6.72. The average Bonchev–Trinajstić information content (AvgIpc) is 2.74. The fraction of sp³-hybridized carbons (Fsp3) is 1.00. The third-order valence-corrected chi connectivity index (χ3v) is 4.00. The van der Waals surface area contributed by atoms with Gasteiger partial charge >= 0.3 is 0 Å². The molecule has 1 aliphatic carbocycles. The van der Waals surface area contributed by atoms with Gasteiger partial charge in [0.1, 0.15) is 0 Å². The van der Waals surface area contributed by atoms with Gasteiger partial charge in [0.05, 0.1) is 0 Å². The first-order valence-corrected chi connectivity index (χ1v) is 6.72. The lowest BCUT2D eigenvalue weighted by molar-refractivity contribution is 0.304. The third kappa shape index (κ3) is 3.46. The highest BCUT2D eigenvalue weighted by molar-refractivity contribution is 4.87. The van der Waals surface area contributed by atoms with E-state index in [0.29, 0.717) is 0 Å². The molecule has 3 unspecified atom stereocenters. The number of likely N-dealkylation sites (tertiary alicyclic amines) is 1. The molecule has 1 aliphatic heterocycles. The summed E-state index contributed by atoms with van der Waals surface area (Å²) in [5.74, 6) is 2.97. The minimum absolute atomic E-state index is 0.922. The van der Waals surface area contributed by atoms with E-state index in [1.165, 1.54) is 52.0 Å². The van der Waals surface area contributed by atoms with Crippen molar-refractivity contribution in [2.75, 3.05) is 32.7 Å². The molecule has 88 valence electrons. The van der Waals surface area contributed by atoms with Crippen LogP contribution in [0.3, 0.4) is 0 Å². The van der Waals surface area contributed by atoms with E-state index in [4.69, 9.17) is 0 Å². The number of rotatable bonds is 6. The fourth-order valence-corrected chi connectivity index (χ4v) is 2.71. The predicted octanol–water partition coefficient (Wildman–Crippen LogP) is 1.96. The molecule has 0 aromatic heterocycles. The average molecular weight is 210 g/mol. The van der Waals surface area contributed by atoms with Crippen molar-refractivity contribution in [3.63, 3.8) is 0 Å². The summed E-state index contributed by atoms with van der Waals surface area (Å²) >= 11 is 0. The first-order chi connectivity index (χ1) is 7.29. The predicted molar refractivity (Wildman–Crippen MR) is 65.0 cm³/mol. The number of hydrogen-bond acceptors (Lipinski definition) is 2. The zero-order valence-electron chi connectivity index (χ0n) is 10.3. The van der Waals surface area contributed by atoms with Crippen LogP contribution in [-0.2, 0) is 0 Å². The van der Waals surface area contributed by atoms with Crippen molar-refractivity contribution in [3.8, 4) is 0 Å². The van der Waals surface area contributed by atoms with Crippen molar-refractivity contribution in [1.29, 1.82) is 0 Å². The summed E-state index contributed by atoms with van der Waals surface area (Å²) in [5, 5.41) is 3.55. The normalized spacial score (nSPS) is 36.0. The smallest absolute Gasteiger partial charge is 0.00224 e. The lowest BCUT2D eigenvalue weighted by atomic mass is 10.1. The maximum absolute atomic E-state index is 3.55. The van der Waals surface area contributed by atoms with Crippen molar-refractivity contribution in [1.82, 2.24) is 10.2 Å². The Morgan fingerprint density at radius 2 is 2.20 bits per heavy atom. The largest absolute Gasteiger partial charge is 0.316 e. The molecular weight excluding hydrogens is 184 g/mol. The van der Waals surface area contributed by atoms with Gasteiger partial charge in [-0.15, -0.1) is 0 Å². The van der Waals surface area contributed by atoms with Gasteiger partial charge in [0, 0.05) is 13.1 Å². The van der Waals surface area contributed by atoms with Crippen LogP contribution in [0.25, 0.3) is 0 Å². The Morgan fingerprint density at radius 3 is 2.87 bits per heavy atom. The molecule has 15 heavy (non-hydrogen) atoms. The topological polar surface area (TPSA) is 15.3 Å². The Kier molecular flexibility index (Phi) is 4.04. The van der Waals surface area contributed by atoms with E-state index in [-0.39, 0.29) is 0 Å². The molecule has 0 amide bonds. The van der Waals surface area contributed by atoms with Crippen molar-refractivity contribution < 1.29 is 0 Å². The molecule has 2 aliphatic rings. The molecule has 2 heteroatoms. The van der Waals surface area contributed by atoms with Crippen molar-refractivity contribution in [2.24, 2.45) is 17.8 Å². The number of nitrogens with one attached hydrogen (secondary N) is 1. The van der Waals surface area contributed by atoms with Crippen LogP contribution in [0.15, 0.2) is 0 Å². The summed E-state index contributed by atoms with van der Waals surface area (Å²) in [6, 6.07) is 0. The van der Waals surface area contributed by atoms with Crippen LogP contribution in [0.5, 0.6) is 0 Å². The van der Waals surface area contributed by atoms with Crippen LogP contribution >= 0.6 is 0 Å². The highest BCUT2D eigenvalue weighted by atomic mass is 15.2. The van der Waals surface area contributed by atoms with Gasteiger partial charge < -0.3 is 10.2 Å². The maximum Gasteiger partial charge on any atom is 0.00224 e. The Morgan fingerprint density at radius 1 is 1.40 bits per heavy atom. The second kappa shape index (κ2) is 5.31. The van der Waals surface area contributed by atoms with Gasteiger partial charge in [-0.3, -0.25) is 0 Å². The Labute approximate surface area is 94.4 Å². The molecule has 0 aromatic carbocycles. The quantitative estimate of drug-likeness (QED) is 0.674. The summed E-state index contributed by atoms with van der Waals surface area (Å²) in [4.78, 5) is 2.69. The molecule has 1 saturated carbocycles. The zero-order valence-corrected chi connectivity index (χ0v) is 10.3. The van der Waals surface area contributed by atoms with E-state index >= 15 is 0 Å². The van der Waals surface area contributed by atoms with Crippen LogP contribution < -0.4 is 5.32 Å². The molecule has 1 saturated heterocycles. The van der Waals surface area contributed by atoms with Gasteiger partial charge in [0.2, 0.25) is 0 Å². The third-order valence-electron chi connectivity index (χ3n) is 4.00. The molecule has 0 spiro atoms. The van der Waals surface area contributed by atoms with Crippen molar-refractivity contribution >= 4 is 0 Å². The lowest BCUT2D eigenvalue weighted by Gasteiger charge is -2.15. The van der Waals surface area contributed by atoms with Gasteiger partial charge in [-0.1, -0.05) is 13.8 Å². The van der Waals surface area contributed by atoms with Crippen LogP contribution in [0.2, 0.25) is 0 Å². The number of nitrogens with zero attached hydrogens (tertiary/aromatic N) is 1. The highest BCUT2D eigenvalue weighted by Crippen LogP contribution is 2.38. The van der Waals surface area contributed by atoms with Crippen LogP contribution in [0.4, 0.5) is 0 Å². The Hall–Kier alpha value is -0.0800. The van der Waals surface area contributed by atoms with E-state index in [9.17, 15) is 0 Å². The maximum atomic E-state index is 3.55. The Bertz CT molecular complexity index is 193. The van der Waals surface area contributed by atoms with Gasteiger partial charge in [0.15, 0.2) is 0 Å². The highest BCUT2D eigenvalue weighted by Gasteiger charge is 2.35. The van der Waals surface area contributed by atoms with Crippen molar-refractivity contribution in [2.45, 2.75) is 33.1 Å². The van der Waals surface area contributed by atoms with Crippen LogP contribution in [0.1, 0.15) is 33.1 Å². The second-order valence-corrected chi connectivity index (χ2v) is 5.59. The second-order valence-electron chi connectivity index (χ2n) is 5.59. The van der Waals surface area contributed by atoms with E-state index < -0.39 is 0 Å². The molecule has 2 nitrogen and oxygen atoms in total. The summed E-state index contributed by atoms with van der Waals surface area (Å²) in [7, 11) is 0. The minimum Gasteiger partial charge on any atom is -0.316 e. The molecule has 0 aromatic rings. The summed E-state index contributed by atoms with van der Waals surface area (Å²) < 4.78 is 0. The van der Waals surface area contributed by atoms with Crippen molar-refractivity contribution in [3.05, 3.63) is 0 Å². The van der Waals surface area contributed by atoms with Gasteiger partial charge in [-0.05, 0) is 56.7 Å². The summed E-state index contributed by atoms with van der Waals surface area (Å²) in [6.07, 6.45) is 4.16. The van der Waals surface area contributed by atoms with Gasteiger partial charge in [-0.25, -0.2) is 0 Å². The van der Waals surface area contributed by atoms with E-state index in [1.54, 1.807) is 0 Å². The minimum atomic E-state index is 0.922. The number of hydrogen-bond donors (Lipinski definition) is 1. The summed E-state index contributed by atoms with van der Waals surface area (Å²) in [5.41, 5.74) is 0. The van der Waals surface area contributed by atoms with E-state index in [2.05, 4.69) is 24.1 Å². The van der Waals surface area contributed by atoms with Gasteiger partial charge in [0.25, 0.3) is 0 Å². The lowest BCUT2D eigenvalue weighted by Crippen LogP contribution is -2.28. The SMILES string of the molecule is CCCNCC1CCN(CC2CC2C)C1. The molecule has 2 rings (SSSR count). The summed E-state index contributed by atoms with van der Waals surface area (Å²) in [6.45, 7) is 11.1. The molecule has 1 heterocycles. The first kappa shape index (κ1) is 11.4. The Balaban J connectivity index is 1.57. The van der Waals surface area contributed by atoms with E-state index in [0.717, 1.165) is 17.8 Å². The van der Waals surface area contributed by atoms with Crippen LogP contribution in [0, 0.1) is 17.8 Å².